The summed E-state index contributed by atoms with van der Waals surface area (Å²) >= 11 is 0. The number of aromatic nitrogens is 2. The van der Waals surface area contributed by atoms with Gasteiger partial charge in [-0.05, 0) is 17.7 Å². The van der Waals surface area contributed by atoms with E-state index < -0.39 is 0 Å². The summed E-state index contributed by atoms with van der Waals surface area (Å²) in [7, 11) is 1.63. The topological polar surface area (TPSA) is 44.2 Å². The van der Waals surface area contributed by atoms with Gasteiger partial charge in [0.1, 0.15) is 12.4 Å². The summed E-state index contributed by atoms with van der Waals surface area (Å²) < 4.78 is 10.9. The molecule has 20 heavy (non-hydrogen) atoms. The van der Waals surface area contributed by atoms with E-state index >= 15 is 0 Å². The van der Waals surface area contributed by atoms with Crippen LogP contribution in [0.2, 0.25) is 0 Å². The van der Waals surface area contributed by atoms with Crippen LogP contribution in [-0.4, -0.2) is 17.1 Å². The summed E-state index contributed by atoms with van der Waals surface area (Å²) in [6, 6.07) is 16.0. The summed E-state index contributed by atoms with van der Waals surface area (Å²) in [5, 5.41) is 0.877. The molecule has 3 aromatic rings. The molecule has 0 bridgehead atoms. The van der Waals surface area contributed by atoms with Crippen molar-refractivity contribution in [1.82, 2.24) is 9.97 Å². The Balaban J connectivity index is 1.83. The van der Waals surface area contributed by atoms with Gasteiger partial charge in [0.2, 0.25) is 0 Å². The van der Waals surface area contributed by atoms with Crippen molar-refractivity contribution in [2.75, 3.05) is 7.11 Å². The summed E-state index contributed by atoms with van der Waals surface area (Å²) in [5.74, 6) is 0.761. The minimum atomic E-state index is 0.370. The van der Waals surface area contributed by atoms with Crippen molar-refractivity contribution < 1.29 is 9.47 Å². The molecule has 0 aliphatic rings. The Kier molecular flexibility index (Phi) is 3.46. The number of nitrogens with zero attached hydrogens (tertiary/aromatic N) is 2. The highest BCUT2D eigenvalue weighted by molar-refractivity contribution is 5.84. The molecule has 0 saturated carbocycles. The summed E-state index contributed by atoms with van der Waals surface area (Å²) in [4.78, 5) is 8.60. The predicted molar refractivity (Wildman–Crippen MR) is 76.9 cm³/mol. The first-order chi connectivity index (χ1) is 9.86. The predicted octanol–water partition coefficient (Wildman–Crippen LogP) is 3.22. The molecule has 0 fully saturated rings. The summed E-state index contributed by atoms with van der Waals surface area (Å²) in [6.07, 6.45) is 1.72. The maximum Gasteiger partial charge on any atom is 0.317 e. The van der Waals surface area contributed by atoms with Gasteiger partial charge < -0.3 is 9.47 Å². The Morgan fingerprint density at radius 2 is 1.85 bits per heavy atom. The van der Waals surface area contributed by atoms with Crippen LogP contribution in [0.3, 0.4) is 0 Å². The van der Waals surface area contributed by atoms with Gasteiger partial charge in [-0.25, -0.2) is 4.98 Å². The lowest BCUT2D eigenvalue weighted by Gasteiger charge is -2.07. The second-order valence-corrected chi connectivity index (χ2v) is 4.32. The van der Waals surface area contributed by atoms with E-state index in [4.69, 9.17) is 9.47 Å². The zero-order valence-corrected chi connectivity index (χ0v) is 11.1. The van der Waals surface area contributed by atoms with Crippen LogP contribution in [0.15, 0.2) is 54.7 Å². The number of hydrogen-bond donors (Lipinski definition) is 0. The molecule has 4 heteroatoms. The van der Waals surface area contributed by atoms with Crippen molar-refractivity contribution in [3.05, 3.63) is 60.3 Å². The molecule has 0 atom stereocenters. The summed E-state index contributed by atoms with van der Waals surface area (Å²) in [6.45, 7) is 0.455. The molecular formula is C16H14N2O2. The lowest BCUT2D eigenvalue weighted by Crippen LogP contribution is -1.99. The highest BCUT2D eigenvalue weighted by Crippen LogP contribution is 2.24. The first-order valence-electron chi connectivity index (χ1n) is 6.33. The molecule has 0 aliphatic heterocycles. The molecule has 0 radical (unpaired) electrons. The van der Waals surface area contributed by atoms with Crippen LogP contribution in [0.25, 0.3) is 10.9 Å². The normalized spacial score (nSPS) is 10.4. The van der Waals surface area contributed by atoms with Gasteiger partial charge in [0, 0.05) is 6.20 Å². The average Bonchev–Trinajstić information content (AvgIpc) is 2.53. The van der Waals surface area contributed by atoms with E-state index in [1.165, 1.54) is 0 Å². The van der Waals surface area contributed by atoms with Crippen LogP contribution in [0, 0.1) is 0 Å². The lowest BCUT2D eigenvalue weighted by atomic mass is 10.2. The largest absolute Gasteiger partial charge is 0.496 e. The van der Waals surface area contributed by atoms with E-state index in [1.54, 1.807) is 13.3 Å². The van der Waals surface area contributed by atoms with Crippen molar-refractivity contribution >= 4 is 10.9 Å². The molecule has 3 rings (SSSR count). The zero-order valence-electron chi connectivity index (χ0n) is 11.1. The fourth-order valence-corrected chi connectivity index (χ4v) is 1.98. The van der Waals surface area contributed by atoms with Gasteiger partial charge in [-0.2, -0.15) is 4.98 Å². The van der Waals surface area contributed by atoms with Crippen molar-refractivity contribution in [2.24, 2.45) is 0 Å². The highest BCUT2D eigenvalue weighted by atomic mass is 16.5. The highest BCUT2D eigenvalue weighted by Gasteiger charge is 2.05. The molecule has 0 spiro atoms. The SMILES string of the molecule is COc1cccc2nc(OCc3ccccc3)ncc12. The van der Waals surface area contributed by atoms with E-state index in [2.05, 4.69) is 9.97 Å². The summed E-state index contributed by atoms with van der Waals surface area (Å²) in [5.41, 5.74) is 1.89. The molecular weight excluding hydrogens is 252 g/mol. The molecule has 0 aliphatic carbocycles. The Morgan fingerprint density at radius 1 is 1.00 bits per heavy atom. The number of benzene rings is 2. The maximum absolute atomic E-state index is 5.61. The van der Waals surface area contributed by atoms with E-state index in [9.17, 15) is 0 Å². The quantitative estimate of drug-likeness (QED) is 0.727. The number of ether oxygens (including phenoxy) is 2. The first-order valence-corrected chi connectivity index (χ1v) is 6.33. The molecule has 1 aromatic heterocycles. The third kappa shape index (κ3) is 2.54. The van der Waals surface area contributed by atoms with E-state index in [-0.39, 0.29) is 0 Å². The van der Waals surface area contributed by atoms with Crippen LogP contribution in [0.1, 0.15) is 5.56 Å². The van der Waals surface area contributed by atoms with Crippen molar-refractivity contribution in [2.45, 2.75) is 6.61 Å². The number of methoxy groups -OCH3 is 1. The first kappa shape index (κ1) is 12.4. The minimum absolute atomic E-state index is 0.370. The van der Waals surface area contributed by atoms with Crippen LogP contribution in [0.5, 0.6) is 11.8 Å². The van der Waals surface area contributed by atoms with E-state index in [1.807, 2.05) is 48.5 Å². The number of rotatable bonds is 4. The van der Waals surface area contributed by atoms with Gasteiger partial charge in [-0.15, -0.1) is 0 Å². The molecule has 2 aromatic carbocycles. The third-order valence-corrected chi connectivity index (χ3v) is 2.99. The molecule has 0 saturated heterocycles. The number of hydrogen-bond acceptors (Lipinski definition) is 4. The van der Waals surface area contributed by atoms with Crippen LogP contribution < -0.4 is 9.47 Å². The molecule has 1 heterocycles. The second-order valence-electron chi connectivity index (χ2n) is 4.32. The van der Waals surface area contributed by atoms with Gasteiger partial charge in [-0.1, -0.05) is 36.4 Å². The average molecular weight is 266 g/mol. The second kappa shape index (κ2) is 5.57. The molecule has 0 amide bonds. The lowest BCUT2D eigenvalue weighted by molar-refractivity contribution is 0.282. The van der Waals surface area contributed by atoms with Gasteiger partial charge in [0.25, 0.3) is 0 Å². The zero-order chi connectivity index (χ0) is 13.8. The fourth-order valence-electron chi connectivity index (χ4n) is 1.98. The van der Waals surface area contributed by atoms with Crippen LogP contribution in [0.4, 0.5) is 0 Å². The maximum atomic E-state index is 5.61. The Bertz CT molecular complexity index is 714. The van der Waals surface area contributed by atoms with Gasteiger partial charge in [0.15, 0.2) is 0 Å². The van der Waals surface area contributed by atoms with Crippen molar-refractivity contribution in [1.29, 1.82) is 0 Å². The van der Waals surface area contributed by atoms with Gasteiger partial charge >= 0.3 is 6.01 Å². The molecule has 100 valence electrons. The van der Waals surface area contributed by atoms with Gasteiger partial charge in [0.05, 0.1) is 18.0 Å². The number of fused-ring (bicyclic) bond motifs is 1. The fraction of sp³-hybridized carbons (Fsp3) is 0.125. The van der Waals surface area contributed by atoms with Crippen LogP contribution >= 0.6 is 0 Å². The molecule has 0 unspecified atom stereocenters. The van der Waals surface area contributed by atoms with E-state index in [0.29, 0.717) is 12.6 Å². The van der Waals surface area contributed by atoms with Crippen molar-refractivity contribution in [3.8, 4) is 11.8 Å². The minimum Gasteiger partial charge on any atom is -0.496 e. The monoisotopic (exact) mass is 266 g/mol. The van der Waals surface area contributed by atoms with Gasteiger partial charge in [-0.3, -0.25) is 0 Å². The standard InChI is InChI=1S/C16H14N2O2/c1-19-15-9-5-8-14-13(15)10-17-16(18-14)20-11-12-6-3-2-4-7-12/h2-10H,11H2,1H3. The van der Waals surface area contributed by atoms with Crippen molar-refractivity contribution in [3.63, 3.8) is 0 Å². The Hall–Kier alpha value is -2.62. The third-order valence-electron chi connectivity index (χ3n) is 2.99. The Labute approximate surface area is 117 Å². The van der Waals surface area contributed by atoms with Crippen LogP contribution in [-0.2, 0) is 6.61 Å². The molecule has 4 nitrogen and oxygen atoms in total. The smallest absolute Gasteiger partial charge is 0.317 e. The Morgan fingerprint density at radius 3 is 2.65 bits per heavy atom. The molecule has 0 N–H and O–H groups in total. The van der Waals surface area contributed by atoms with E-state index in [0.717, 1.165) is 22.2 Å².